The lowest BCUT2D eigenvalue weighted by Gasteiger charge is -2.52. The van der Waals surface area contributed by atoms with Gasteiger partial charge in [0.1, 0.15) is 0 Å². The molecule has 0 unspecified atom stereocenters. The van der Waals surface area contributed by atoms with Gasteiger partial charge in [0, 0.05) is 5.41 Å². The van der Waals surface area contributed by atoms with Crippen molar-refractivity contribution in [3.05, 3.63) is 35.9 Å². The first kappa shape index (κ1) is 11.3. The fourth-order valence-electron chi connectivity index (χ4n) is 3.71. The van der Waals surface area contributed by atoms with Crippen molar-refractivity contribution in [2.45, 2.75) is 43.9 Å². The summed E-state index contributed by atoms with van der Waals surface area (Å²) in [6.45, 7) is 0. The smallest absolute Gasteiger partial charge is 0.227 e. The zero-order valence-corrected chi connectivity index (χ0v) is 10.7. The first-order valence-corrected chi connectivity index (χ1v) is 6.80. The van der Waals surface area contributed by atoms with Gasteiger partial charge in [-0.15, -0.1) is 0 Å². The third-order valence-electron chi connectivity index (χ3n) is 5.05. The number of carbonyl (C=O) groups is 1. The predicted octanol–water partition coefficient (Wildman–Crippen LogP) is 4.04. The van der Waals surface area contributed by atoms with Crippen LogP contribution in [0.2, 0.25) is 0 Å². The lowest BCUT2D eigenvalue weighted by atomic mass is 9.52. The lowest BCUT2D eigenvalue weighted by Crippen LogP contribution is -2.46. The molecular formula is C15H17ClO. The van der Waals surface area contributed by atoms with E-state index in [2.05, 4.69) is 30.3 Å². The normalized spacial score (nSPS) is 35.8. The monoisotopic (exact) mass is 248 g/mol. The van der Waals surface area contributed by atoms with Crippen LogP contribution in [0.25, 0.3) is 0 Å². The van der Waals surface area contributed by atoms with E-state index in [0.717, 1.165) is 38.5 Å². The molecule has 3 saturated carbocycles. The number of rotatable bonds is 2. The van der Waals surface area contributed by atoms with Crippen molar-refractivity contribution in [1.82, 2.24) is 0 Å². The van der Waals surface area contributed by atoms with Gasteiger partial charge in [0.15, 0.2) is 0 Å². The summed E-state index contributed by atoms with van der Waals surface area (Å²) < 4.78 is 0. The first-order valence-electron chi connectivity index (χ1n) is 6.43. The summed E-state index contributed by atoms with van der Waals surface area (Å²) in [5, 5.41) is -0.0983. The van der Waals surface area contributed by atoms with Crippen LogP contribution in [0.1, 0.15) is 44.1 Å². The Bertz CT molecular complexity index is 413. The summed E-state index contributed by atoms with van der Waals surface area (Å²) in [5.74, 6) is 0. The summed E-state index contributed by atoms with van der Waals surface area (Å²) in [7, 11) is 0. The van der Waals surface area contributed by atoms with Gasteiger partial charge in [-0.2, -0.15) is 0 Å². The second-order valence-corrected chi connectivity index (χ2v) is 6.04. The third-order valence-corrected chi connectivity index (χ3v) is 5.45. The summed E-state index contributed by atoms with van der Waals surface area (Å²) >= 11 is 5.79. The van der Waals surface area contributed by atoms with Crippen molar-refractivity contribution < 1.29 is 4.79 Å². The Hall–Kier alpha value is -0.820. The van der Waals surface area contributed by atoms with Crippen molar-refractivity contribution in [3.8, 4) is 0 Å². The van der Waals surface area contributed by atoms with E-state index in [9.17, 15) is 4.79 Å². The summed E-state index contributed by atoms with van der Waals surface area (Å²) in [6.07, 6.45) is 6.29. The highest BCUT2D eigenvalue weighted by Crippen LogP contribution is 2.58. The van der Waals surface area contributed by atoms with E-state index in [-0.39, 0.29) is 10.7 Å². The fraction of sp³-hybridized carbons (Fsp3) is 0.533. The highest BCUT2D eigenvalue weighted by atomic mass is 35.5. The molecule has 2 heteroatoms. The van der Waals surface area contributed by atoms with Crippen molar-refractivity contribution >= 4 is 16.8 Å². The molecule has 1 nitrogen and oxygen atoms in total. The molecule has 0 radical (unpaired) electrons. The molecular weight excluding hydrogens is 232 g/mol. The van der Waals surface area contributed by atoms with E-state index in [1.165, 1.54) is 5.56 Å². The molecule has 0 aromatic heterocycles. The van der Waals surface area contributed by atoms with E-state index in [1.54, 1.807) is 0 Å². The molecule has 2 bridgehead atoms. The van der Waals surface area contributed by atoms with Crippen LogP contribution in [0.3, 0.4) is 0 Å². The molecule has 0 amide bonds. The average Bonchev–Trinajstić information content (AvgIpc) is 2.42. The highest BCUT2D eigenvalue weighted by molar-refractivity contribution is 6.64. The third kappa shape index (κ3) is 1.63. The Morgan fingerprint density at radius 1 is 0.941 bits per heavy atom. The number of fused-ring (bicyclic) bond motifs is 3. The number of halogens is 1. The summed E-state index contributed by atoms with van der Waals surface area (Å²) in [4.78, 5) is 11.6. The molecule has 17 heavy (non-hydrogen) atoms. The molecule has 3 aliphatic rings. The van der Waals surface area contributed by atoms with Crippen LogP contribution in [0.4, 0.5) is 0 Å². The Morgan fingerprint density at radius 3 is 1.94 bits per heavy atom. The molecule has 0 spiro atoms. The van der Waals surface area contributed by atoms with Gasteiger partial charge in [0.05, 0.1) is 0 Å². The second-order valence-electron chi connectivity index (χ2n) is 5.70. The van der Waals surface area contributed by atoms with Crippen molar-refractivity contribution in [1.29, 1.82) is 0 Å². The molecule has 90 valence electrons. The number of benzene rings is 1. The summed E-state index contributed by atoms with van der Waals surface area (Å²) in [6, 6.07) is 10.8. The van der Waals surface area contributed by atoms with Gasteiger partial charge in [0.25, 0.3) is 0 Å². The largest absolute Gasteiger partial charge is 0.281 e. The van der Waals surface area contributed by atoms with Crippen LogP contribution in [0.5, 0.6) is 0 Å². The SMILES string of the molecule is O=C(Cl)C12CCC(c3ccccc3)(CC1)CC2. The standard InChI is InChI=1S/C15H17ClO/c16-13(17)15-9-6-14(7-10-15,8-11-15)12-4-2-1-3-5-12/h1-5H,6-11H2. The average molecular weight is 249 g/mol. The number of hydrogen-bond donors (Lipinski definition) is 0. The Kier molecular flexibility index (Phi) is 2.55. The molecule has 0 saturated heterocycles. The molecule has 3 aliphatic carbocycles. The number of carbonyl (C=O) groups excluding carboxylic acids is 1. The van der Waals surface area contributed by atoms with Crippen LogP contribution in [0, 0.1) is 5.41 Å². The molecule has 0 N–H and O–H groups in total. The van der Waals surface area contributed by atoms with Gasteiger partial charge < -0.3 is 0 Å². The van der Waals surface area contributed by atoms with E-state index < -0.39 is 0 Å². The summed E-state index contributed by atoms with van der Waals surface area (Å²) in [5.41, 5.74) is 1.60. The topological polar surface area (TPSA) is 17.1 Å². The Labute approximate surface area is 107 Å². The van der Waals surface area contributed by atoms with Crippen molar-refractivity contribution in [3.63, 3.8) is 0 Å². The maximum atomic E-state index is 11.6. The van der Waals surface area contributed by atoms with Crippen LogP contribution in [-0.2, 0) is 10.2 Å². The van der Waals surface area contributed by atoms with E-state index >= 15 is 0 Å². The lowest BCUT2D eigenvalue weighted by molar-refractivity contribution is -0.126. The first-order chi connectivity index (χ1) is 8.17. The maximum absolute atomic E-state index is 11.6. The zero-order chi connectivity index (χ0) is 11.9. The van der Waals surface area contributed by atoms with E-state index in [4.69, 9.17) is 11.6 Å². The van der Waals surface area contributed by atoms with E-state index in [0.29, 0.717) is 5.41 Å². The molecule has 0 heterocycles. The van der Waals surface area contributed by atoms with Gasteiger partial charge in [0.2, 0.25) is 5.24 Å². The van der Waals surface area contributed by atoms with Crippen LogP contribution < -0.4 is 0 Å². The van der Waals surface area contributed by atoms with Gasteiger partial charge in [-0.3, -0.25) is 4.79 Å². The molecule has 1 aromatic rings. The fourth-order valence-corrected chi connectivity index (χ4v) is 3.99. The molecule has 0 aliphatic heterocycles. The van der Waals surface area contributed by atoms with Gasteiger partial charge in [-0.25, -0.2) is 0 Å². The minimum Gasteiger partial charge on any atom is -0.281 e. The predicted molar refractivity (Wildman–Crippen MR) is 69.1 cm³/mol. The van der Waals surface area contributed by atoms with Crippen molar-refractivity contribution in [2.75, 3.05) is 0 Å². The minimum atomic E-state index is -0.182. The van der Waals surface area contributed by atoms with Gasteiger partial charge >= 0.3 is 0 Å². The van der Waals surface area contributed by atoms with Crippen LogP contribution in [0.15, 0.2) is 30.3 Å². The molecule has 0 atom stereocenters. The maximum Gasteiger partial charge on any atom is 0.227 e. The van der Waals surface area contributed by atoms with Gasteiger partial charge in [-0.1, -0.05) is 30.3 Å². The van der Waals surface area contributed by atoms with Gasteiger partial charge in [-0.05, 0) is 61.1 Å². The Balaban J connectivity index is 1.89. The highest BCUT2D eigenvalue weighted by Gasteiger charge is 2.52. The minimum absolute atomic E-state index is 0.0983. The quantitative estimate of drug-likeness (QED) is 0.722. The zero-order valence-electron chi connectivity index (χ0n) is 9.92. The number of hydrogen-bond acceptors (Lipinski definition) is 1. The molecule has 1 aromatic carbocycles. The molecule has 4 rings (SSSR count). The second kappa shape index (κ2) is 3.84. The molecule has 3 fully saturated rings. The van der Waals surface area contributed by atoms with Crippen LogP contribution >= 0.6 is 11.6 Å². The van der Waals surface area contributed by atoms with Crippen LogP contribution in [-0.4, -0.2) is 5.24 Å². The van der Waals surface area contributed by atoms with Crippen molar-refractivity contribution in [2.24, 2.45) is 5.41 Å². The Morgan fingerprint density at radius 2 is 1.47 bits per heavy atom. The van der Waals surface area contributed by atoms with E-state index in [1.807, 2.05) is 0 Å².